The van der Waals surface area contributed by atoms with E-state index in [2.05, 4.69) is 5.32 Å². The van der Waals surface area contributed by atoms with E-state index in [0.29, 0.717) is 31.4 Å². The third kappa shape index (κ3) is 8.60. The number of allylic oxidation sites excluding steroid dienone is 2. The first-order valence-corrected chi connectivity index (χ1v) is 15.4. The summed E-state index contributed by atoms with van der Waals surface area (Å²) in [7, 11) is 1.35. The number of fused-ring (bicyclic) bond motifs is 1. The lowest BCUT2D eigenvalue weighted by atomic mass is 9.92. The van der Waals surface area contributed by atoms with E-state index in [1.165, 1.54) is 7.11 Å². The highest BCUT2D eigenvalue weighted by Crippen LogP contribution is 2.32. The Balaban J connectivity index is 1.49. The van der Waals surface area contributed by atoms with Crippen molar-refractivity contribution >= 4 is 23.7 Å². The van der Waals surface area contributed by atoms with Gasteiger partial charge >= 0.3 is 18.0 Å². The summed E-state index contributed by atoms with van der Waals surface area (Å²) in [5, 5.41) is 12.9. The highest BCUT2D eigenvalue weighted by molar-refractivity contribution is 5.84. The number of esters is 2. The minimum Gasteiger partial charge on any atom is -0.454 e. The number of para-hydroxylation sites is 1. The van der Waals surface area contributed by atoms with Gasteiger partial charge in [-0.15, -0.1) is 0 Å². The summed E-state index contributed by atoms with van der Waals surface area (Å²) in [6.07, 6.45) is -1.94. The molecule has 2 aliphatic heterocycles. The fourth-order valence-electron chi connectivity index (χ4n) is 5.71. The molecule has 3 aromatic carbocycles. The normalized spacial score (nSPS) is 26.8. The molecule has 2 aliphatic rings. The standard InChI is InChI=1S/C36H39NO9/c1-42-35-32-31(30(29(23-38)43-35)46-36(41)37-28-19-9-4-10-20-28)44-33(39)26(21-24-13-5-2-6-14-24)17-11-12-18-27(34(40)45-32)22-25-15-7-3-8-16-25/h2-16,19-20,26-27,29-32,35,38H,17-18,21-23H2,1H3,(H,37,41)/t26-,27-,29+,30-,31-,32+,35-/m0/s1. The Bertz CT molecular complexity index is 1450. The first kappa shape index (κ1) is 32.9. The van der Waals surface area contributed by atoms with Gasteiger partial charge in [0.15, 0.2) is 24.6 Å². The van der Waals surface area contributed by atoms with E-state index in [1.807, 2.05) is 72.8 Å². The number of hydrogen-bond donors (Lipinski definition) is 2. The number of carbonyl (C=O) groups is 3. The molecule has 3 aromatic rings. The lowest BCUT2D eigenvalue weighted by Crippen LogP contribution is -2.63. The quantitative estimate of drug-likeness (QED) is 0.204. The summed E-state index contributed by atoms with van der Waals surface area (Å²) < 4.78 is 29.4. The van der Waals surface area contributed by atoms with Gasteiger partial charge in [0.2, 0.25) is 0 Å². The number of rotatable bonds is 8. The summed E-state index contributed by atoms with van der Waals surface area (Å²) >= 11 is 0. The van der Waals surface area contributed by atoms with Crippen LogP contribution in [-0.4, -0.2) is 67.6 Å². The topological polar surface area (TPSA) is 130 Å². The van der Waals surface area contributed by atoms with Crippen molar-refractivity contribution in [2.45, 2.75) is 56.4 Å². The lowest BCUT2D eigenvalue weighted by molar-refractivity contribution is -0.300. The summed E-state index contributed by atoms with van der Waals surface area (Å²) in [4.78, 5) is 40.8. The van der Waals surface area contributed by atoms with Crippen LogP contribution in [0.4, 0.5) is 10.5 Å². The van der Waals surface area contributed by atoms with Gasteiger partial charge in [-0.05, 0) is 48.9 Å². The summed E-state index contributed by atoms with van der Waals surface area (Å²) in [6, 6.07) is 27.8. The predicted molar refractivity (Wildman–Crippen MR) is 168 cm³/mol. The Morgan fingerprint density at radius 2 is 1.28 bits per heavy atom. The number of methoxy groups -OCH3 is 1. The summed E-state index contributed by atoms with van der Waals surface area (Å²) in [5.74, 6) is -2.30. The number of anilines is 1. The Hall–Kier alpha value is -4.51. The number of aliphatic hydroxyl groups excluding tert-OH is 1. The molecule has 0 aliphatic carbocycles. The van der Waals surface area contributed by atoms with Gasteiger partial charge in [0.1, 0.15) is 6.10 Å². The largest absolute Gasteiger partial charge is 0.454 e. The molecule has 5 rings (SSSR count). The van der Waals surface area contributed by atoms with E-state index < -0.39 is 67.2 Å². The molecule has 0 radical (unpaired) electrons. The third-order valence-corrected chi connectivity index (χ3v) is 8.10. The number of aliphatic hydroxyl groups is 1. The average molecular weight is 630 g/mol. The van der Waals surface area contributed by atoms with Gasteiger partial charge in [0.25, 0.3) is 0 Å². The van der Waals surface area contributed by atoms with E-state index in [4.69, 9.17) is 23.7 Å². The molecule has 0 unspecified atom stereocenters. The van der Waals surface area contributed by atoms with Crippen molar-refractivity contribution in [2.75, 3.05) is 19.0 Å². The average Bonchev–Trinajstić information content (AvgIpc) is 3.07. The van der Waals surface area contributed by atoms with Crippen molar-refractivity contribution in [3.8, 4) is 0 Å². The number of amides is 1. The number of benzene rings is 3. The lowest BCUT2D eigenvalue weighted by Gasteiger charge is -2.44. The van der Waals surface area contributed by atoms with E-state index in [1.54, 1.807) is 30.3 Å². The number of ether oxygens (including phenoxy) is 5. The Labute approximate surface area is 268 Å². The molecule has 1 saturated heterocycles. The minimum atomic E-state index is -1.35. The van der Waals surface area contributed by atoms with Crippen LogP contribution >= 0.6 is 0 Å². The van der Waals surface area contributed by atoms with E-state index >= 15 is 0 Å². The molecular formula is C36H39NO9. The maximum absolute atomic E-state index is 13.9. The zero-order valence-corrected chi connectivity index (χ0v) is 25.6. The smallest absolute Gasteiger partial charge is 0.412 e. The second-order valence-corrected chi connectivity index (χ2v) is 11.3. The van der Waals surface area contributed by atoms with Gasteiger partial charge < -0.3 is 28.8 Å². The van der Waals surface area contributed by atoms with Crippen LogP contribution in [0.2, 0.25) is 0 Å². The molecule has 242 valence electrons. The molecule has 0 bridgehead atoms. The SMILES string of the molecule is CO[C@H]1O[C@H](CO)[C@H](OC(=O)Nc2ccccc2)[C@@H]2OC(=O)[C@H](Cc3ccccc3)CC=CC[C@@H](Cc3ccccc3)C(=O)O[C@@H]12. The van der Waals surface area contributed by atoms with Crippen LogP contribution in [0.5, 0.6) is 0 Å². The highest BCUT2D eigenvalue weighted by atomic mass is 16.7. The van der Waals surface area contributed by atoms with Gasteiger partial charge in [0, 0.05) is 12.8 Å². The van der Waals surface area contributed by atoms with Crippen molar-refractivity contribution in [3.63, 3.8) is 0 Å². The molecule has 0 spiro atoms. The van der Waals surface area contributed by atoms with Crippen LogP contribution in [0.25, 0.3) is 0 Å². The summed E-state index contributed by atoms with van der Waals surface area (Å²) in [6.45, 7) is -0.593. The molecule has 10 heteroatoms. The van der Waals surface area contributed by atoms with E-state index in [9.17, 15) is 19.5 Å². The maximum atomic E-state index is 13.9. The number of nitrogens with one attached hydrogen (secondary N) is 1. The second kappa shape index (κ2) is 16.2. The fourth-order valence-corrected chi connectivity index (χ4v) is 5.71. The van der Waals surface area contributed by atoms with Crippen molar-refractivity contribution in [1.29, 1.82) is 0 Å². The molecule has 0 saturated carbocycles. The zero-order chi connectivity index (χ0) is 32.3. The van der Waals surface area contributed by atoms with Crippen LogP contribution in [0.15, 0.2) is 103 Å². The first-order chi connectivity index (χ1) is 22.4. The van der Waals surface area contributed by atoms with Crippen LogP contribution in [0.1, 0.15) is 24.0 Å². The Kier molecular flexibility index (Phi) is 11.6. The third-order valence-electron chi connectivity index (χ3n) is 8.10. The maximum Gasteiger partial charge on any atom is 0.412 e. The molecule has 2 heterocycles. The molecule has 46 heavy (non-hydrogen) atoms. The monoisotopic (exact) mass is 629 g/mol. The van der Waals surface area contributed by atoms with Gasteiger partial charge in [-0.25, -0.2) is 4.79 Å². The molecule has 1 fully saturated rings. The van der Waals surface area contributed by atoms with Crippen molar-refractivity contribution in [1.82, 2.24) is 0 Å². The van der Waals surface area contributed by atoms with Crippen LogP contribution in [0, 0.1) is 11.8 Å². The molecule has 2 N–H and O–H groups in total. The van der Waals surface area contributed by atoms with Crippen molar-refractivity contribution in [3.05, 3.63) is 114 Å². The summed E-state index contributed by atoms with van der Waals surface area (Å²) in [5.41, 5.74) is 2.37. The highest BCUT2D eigenvalue weighted by Gasteiger charge is 2.53. The molecule has 7 atom stereocenters. The van der Waals surface area contributed by atoms with Crippen molar-refractivity contribution < 1.29 is 43.2 Å². The Morgan fingerprint density at radius 3 is 1.78 bits per heavy atom. The van der Waals surface area contributed by atoms with Crippen LogP contribution in [0.3, 0.4) is 0 Å². The Morgan fingerprint density at radius 1 is 0.783 bits per heavy atom. The second-order valence-electron chi connectivity index (χ2n) is 11.3. The molecule has 1 amide bonds. The molecule has 10 nitrogen and oxygen atoms in total. The van der Waals surface area contributed by atoms with Crippen LogP contribution in [-0.2, 0) is 46.1 Å². The van der Waals surface area contributed by atoms with Gasteiger partial charge in [-0.2, -0.15) is 0 Å². The fraction of sp³-hybridized carbons (Fsp3) is 0.361. The number of carbonyl (C=O) groups excluding carboxylic acids is 3. The first-order valence-electron chi connectivity index (χ1n) is 15.4. The zero-order valence-electron chi connectivity index (χ0n) is 25.6. The predicted octanol–water partition coefficient (Wildman–Crippen LogP) is 4.86. The van der Waals surface area contributed by atoms with E-state index in [-0.39, 0.29) is 0 Å². The van der Waals surface area contributed by atoms with Crippen molar-refractivity contribution in [2.24, 2.45) is 11.8 Å². The van der Waals surface area contributed by atoms with Gasteiger partial charge in [-0.3, -0.25) is 14.9 Å². The van der Waals surface area contributed by atoms with E-state index in [0.717, 1.165) is 11.1 Å². The molecular weight excluding hydrogens is 590 g/mol. The molecule has 0 aromatic heterocycles. The van der Waals surface area contributed by atoms with Gasteiger partial charge in [-0.1, -0.05) is 91.0 Å². The van der Waals surface area contributed by atoms with Gasteiger partial charge in [0.05, 0.1) is 18.4 Å². The number of hydrogen-bond acceptors (Lipinski definition) is 9. The minimum absolute atomic E-state index is 0.353. The van der Waals surface area contributed by atoms with Crippen LogP contribution < -0.4 is 5.32 Å².